The predicted molar refractivity (Wildman–Crippen MR) is 82.7 cm³/mol. The van der Waals surface area contributed by atoms with E-state index in [0.29, 0.717) is 21.7 Å². The molecule has 0 aliphatic heterocycles. The summed E-state index contributed by atoms with van der Waals surface area (Å²) in [6, 6.07) is 9.30. The Balaban J connectivity index is 2.18. The quantitative estimate of drug-likeness (QED) is 0.686. The van der Waals surface area contributed by atoms with Crippen molar-refractivity contribution >= 4 is 33.2 Å². The van der Waals surface area contributed by atoms with Crippen molar-refractivity contribution in [2.24, 2.45) is 0 Å². The summed E-state index contributed by atoms with van der Waals surface area (Å²) in [5.74, 6) is 0. The zero-order chi connectivity index (χ0) is 15.6. The first-order valence-electron chi connectivity index (χ1n) is 6.12. The summed E-state index contributed by atoms with van der Waals surface area (Å²) in [6.07, 6.45) is -4.37. The number of aryl methyl sites for hydroxylation is 1. The highest BCUT2D eigenvalue weighted by atomic mass is 79.9. The predicted octanol–water partition coefficient (Wildman–Crippen LogP) is 6.04. The third kappa shape index (κ3) is 4.38. The van der Waals surface area contributed by atoms with Gasteiger partial charge < -0.3 is 5.32 Å². The Morgan fingerprint density at radius 1 is 1.14 bits per heavy atom. The summed E-state index contributed by atoms with van der Waals surface area (Å²) in [7, 11) is 0. The van der Waals surface area contributed by atoms with E-state index in [0.717, 1.165) is 23.3 Å². The van der Waals surface area contributed by atoms with Crippen molar-refractivity contribution < 1.29 is 13.2 Å². The van der Waals surface area contributed by atoms with Crippen LogP contribution in [-0.2, 0) is 12.7 Å². The van der Waals surface area contributed by atoms with Crippen molar-refractivity contribution in [1.29, 1.82) is 0 Å². The number of nitrogens with one attached hydrogen (secondary N) is 1. The van der Waals surface area contributed by atoms with E-state index < -0.39 is 11.7 Å². The van der Waals surface area contributed by atoms with Gasteiger partial charge in [0, 0.05) is 21.7 Å². The number of benzene rings is 2. The topological polar surface area (TPSA) is 12.0 Å². The van der Waals surface area contributed by atoms with E-state index in [1.165, 1.54) is 0 Å². The summed E-state index contributed by atoms with van der Waals surface area (Å²) in [4.78, 5) is 0. The number of alkyl halides is 3. The van der Waals surface area contributed by atoms with Crippen molar-refractivity contribution in [3.8, 4) is 0 Å². The molecule has 6 heteroatoms. The third-order valence-corrected chi connectivity index (χ3v) is 3.73. The molecule has 112 valence electrons. The van der Waals surface area contributed by atoms with Crippen LogP contribution in [-0.4, -0.2) is 0 Å². The largest absolute Gasteiger partial charge is 0.416 e. The van der Waals surface area contributed by atoms with Gasteiger partial charge in [-0.3, -0.25) is 0 Å². The molecule has 0 aromatic heterocycles. The van der Waals surface area contributed by atoms with Crippen LogP contribution >= 0.6 is 27.5 Å². The van der Waals surface area contributed by atoms with Crippen molar-refractivity contribution in [2.75, 3.05) is 5.32 Å². The van der Waals surface area contributed by atoms with Gasteiger partial charge in [0.2, 0.25) is 0 Å². The Labute approximate surface area is 134 Å². The maximum absolute atomic E-state index is 12.7. The van der Waals surface area contributed by atoms with Crippen LogP contribution in [0.4, 0.5) is 18.9 Å². The summed E-state index contributed by atoms with van der Waals surface area (Å²) >= 11 is 9.19. The van der Waals surface area contributed by atoms with Crippen LogP contribution in [0.5, 0.6) is 0 Å². The van der Waals surface area contributed by atoms with Crippen LogP contribution in [0.2, 0.25) is 5.02 Å². The van der Waals surface area contributed by atoms with Crippen LogP contribution in [0.15, 0.2) is 40.9 Å². The van der Waals surface area contributed by atoms with E-state index >= 15 is 0 Å². The molecule has 0 radical (unpaired) electrons. The highest BCUT2D eigenvalue weighted by Crippen LogP contribution is 2.33. The zero-order valence-corrected chi connectivity index (χ0v) is 13.4. The first-order valence-corrected chi connectivity index (χ1v) is 7.29. The van der Waals surface area contributed by atoms with Gasteiger partial charge in [-0.15, -0.1) is 0 Å². The minimum Gasteiger partial charge on any atom is -0.381 e. The van der Waals surface area contributed by atoms with Gasteiger partial charge in [0.1, 0.15) is 0 Å². The summed E-state index contributed by atoms with van der Waals surface area (Å²) in [6.45, 7) is 2.28. The van der Waals surface area contributed by atoms with E-state index in [-0.39, 0.29) is 0 Å². The van der Waals surface area contributed by atoms with E-state index in [4.69, 9.17) is 11.6 Å². The molecule has 0 unspecified atom stereocenters. The monoisotopic (exact) mass is 377 g/mol. The Morgan fingerprint density at radius 3 is 2.48 bits per heavy atom. The Hall–Kier alpha value is -1.20. The lowest BCUT2D eigenvalue weighted by atomic mass is 10.1. The lowest BCUT2D eigenvalue weighted by molar-refractivity contribution is -0.137. The molecule has 2 aromatic carbocycles. The second kappa shape index (κ2) is 6.28. The van der Waals surface area contributed by atoms with Gasteiger partial charge in [0.25, 0.3) is 0 Å². The van der Waals surface area contributed by atoms with Gasteiger partial charge >= 0.3 is 6.18 Å². The molecule has 0 saturated heterocycles. The van der Waals surface area contributed by atoms with Crippen LogP contribution in [0, 0.1) is 6.92 Å². The van der Waals surface area contributed by atoms with Crippen molar-refractivity contribution in [3.05, 3.63) is 62.6 Å². The van der Waals surface area contributed by atoms with Gasteiger partial charge in [-0.2, -0.15) is 13.2 Å². The Kier molecular flexibility index (Phi) is 4.84. The normalized spacial score (nSPS) is 11.5. The Morgan fingerprint density at radius 2 is 1.86 bits per heavy atom. The minimum absolute atomic E-state index is 0.354. The van der Waals surface area contributed by atoms with Crippen LogP contribution in [0.25, 0.3) is 0 Å². The second-order valence-electron chi connectivity index (χ2n) is 4.67. The fraction of sp³-hybridized carbons (Fsp3) is 0.200. The molecule has 1 nitrogen and oxygen atoms in total. The standard InChI is InChI=1S/C15H12BrClF3N/c1-9-2-3-10(14(17)4-9)8-21-13-6-11(15(18,19)20)5-12(16)7-13/h2-7,21H,8H2,1H3. The fourth-order valence-corrected chi connectivity index (χ4v) is 2.64. The van der Waals surface area contributed by atoms with Crippen molar-refractivity contribution in [3.63, 3.8) is 0 Å². The number of halogens is 5. The number of anilines is 1. The molecular weight excluding hydrogens is 367 g/mol. The van der Waals surface area contributed by atoms with E-state index in [1.54, 1.807) is 6.07 Å². The molecule has 0 spiro atoms. The van der Waals surface area contributed by atoms with Gasteiger partial charge in [-0.05, 0) is 42.3 Å². The van der Waals surface area contributed by atoms with E-state index in [1.807, 2.05) is 25.1 Å². The van der Waals surface area contributed by atoms with Gasteiger partial charge in [0.05, 0.1) is 5.56 Å². The molecule has 2 rings (SSSR count). The van der Waals surface area contributed by atoms with Gasteiger partial charge in [-0.25, -0.2) is 0 Å². The number of rotatable bonds is 3. The lowest BCUT2D eigenvalue weighted by Gasteiger charge is -2.12. The van der Waals surface area contributed by atoms with E-state index in [9.17, 15) is 13.2 Å². The minimum atomic E-state index is -4.37. The molecule has 0 saturated carbocycles. The zero-order valence-electron chi connectivity index (χ0n) is 11.1. The summed E-state index contributed by atoms with van der Waals surface area (Å²) in [5, 5.41) is 3.55. The maximum Gasteiger partial charge on any atom is 0.416 e. The highest BCUT2D eigenvalue weighted by molar-refractivity contribution is 9.10. The molecule has 0 atom stereocenters. The van der Waals surface area contributed by atoms with Crippen molar-refractivity contribution in [1.82, 2.24) is 0 Å². The van der Waals surface area contributed by atoms with Crippen LogP contribution < -0.4 is 5.32 Å². The molecule has 0 aliphatic rings. The van der Waals surface area contributed by atoms with Crippen LogP contribution in [0.1, 0.15) is 16.7 Å². The SMILES string of the molecule is Cc1ccc(CNc2cc(Br)cc(C(F)(F)F)c2)c(Cl)c1. The molecule has 21 heavy (non-hydrogen) atoms. The first-order chi connectivity index (χ1) is 9.75. The van der Waals surface area contributed by atoms with Crippen LogP contribution in [0.3, 0.4) is 0 Å². The Bertz CT molecular complexity index is 656. The molecule has 1 N–H and O–H groups in total. The smallest absolute Gasteiger partial charge is 0.381 e. The molecule has 2 aromatic rings. The van der Waals surface area contributed by atoms with Crippen molar-refractivity contribution in [2.45, 2.75) is 19.6 Å². The van der Waals surface area contributed by atoms with Gasteiger partial charge in [-0.1, -0.05) is 39.7 Å². The molecular formula is C15H12BrClF3N. The molecule has 0 bridgehead atoms. The maximum atomic E-state index is 12.7. The van der Waals surface area contributed by atoms with E-state index in [2.05, 4.69) is 21.2 Å². The second-order valence-corrected chi connectivity index (χ2v) is 6.00. The average molecular weight is 379 g/mol. The molecule has 0 fully saturated rings. The molecule has 0 aliphatic carbocycles. The first kappa shape index (κ1) is 16.2. The summed E-state index contributed by atoms with van der Waals surface area (Å²) < 4.78 is 38.6. The fourth-order valence-electron chi connectivity index (χ4n) is 1.85. The average Bonchev–Trinajstić information content (AvgIpc) is 2.36. The summed E-state index contributed by atoms with van der Waals surface area (Å²) in [5.41, 5.74) is 1.55. The lowest BCUT2D eigenvalue weighted by Crippen LogP contribution is -2.07. The highest BCUT2D eigenvalue weighted by Gasteiger charge is 2.31. The number of hydrogen-bond donors (Lipinski definition) is 1. The third-order valence-electron chi connectivity index (χ3n) is 2.92. The molecule has 0 amide bonds. The molecule has 0 heterocycles. The van der Waals surface area contributed by atoms with Gasteiger partial charge in [0.15, 0.2) is 0 Å². The number of hydrogen-bond acceptors (Lipinski definition) is 1.